The van der Waals surface area contributed by atoms with Crippen molar-refractivity contribution in [1.29, 1.82) is 0 Å². The Morgan fingerprint density at radius 2 is 1.83 bits per heavy atom. The van der Waals surface area contributed by atoms with E-state index in [2.05, 4.69) is 39.4 Å². The lowest BCUT2D eigenvalue weighted by atomic mass is 10.0. The van der Waals surface area contributed by atoms with Crippen LogP contribution in [0, 0.1) is 3.57 Å². The third-order valence-electron chi connectivity index (χ3n) is 7.28. The summed E-state index contributed by atoms with van der Waals surface area (Å²) in [6, 6.07) is 14.9. The maximum atomic E-state index is 15.0. The summed E-state index contributed by atoms with van der Waals surface area (Å²) >= 11 is 2.26. The minimum atomic E-state index is -3.57. The van der Waals surface area contributed by atoms with E-state index in [-0.39, 0.29) is 25.2 Å². The molecular weight excluding hydrogens is 592 g/mol. The van der Waals surface area contributed by atoms with Gasteiger partial charge in [-0.05, 0) is 65.1 Å². The van der Waals surface area contributed by atoms with Gasteiger partial charge in [0.05, 0.1) is 12.6 Å². The number of hydrogen-bond donors (Lipinski definition) is 0. The van der Waals surface area contributed by atoms with E-state index in [0.717, 1.165) is 33.4 Å². The smallest absolute Gasteiger partial charge is 0.222 e. The van der Waals surface area contributed by atoms with E-state index >= 15 is 0 Å². The van der Waals surface area contributed by atoms with Gasteiger partial charge in [-0.25, -0.2) is 12.8 Å². The normalized spacial score (nSPS) is 26.6. The first-order chi connectivity index (χ1) is 17.4. The van der Waals surface area contributed by atoms with Crippen molar-refractivity contribution in [2.75, 3.05) is 18.0 Å². The molecule has 4 atom stereocenters. The molecule has 7 nitrogen and oxygen atoms in total. The Balaban J connectivity index is 1.34. The Kier molecular flexibility index (Phi) is 7.45. The van der Waals surface area contributed by atoms with Gasteiger partial charge in [-0.3, -0.25) is 0 Å². The lowest BCUT2D eigenvalue weighted by Crippen LogP contribution is -2.45. The third kappa shape index (κ3) is 4.95. The van der Waals surface area contributed by atoms with Gasteiger partial charge in [-0.1, -0.05) is 42.5 Å². The van der Waals surface area contributed by atoms with Gasteiger partial charge >= 0.3 is 0 Å². The summed E-state index contributed by atoms with van der Waals surface area (Å²) < 4.78 is 46.7. The Bertz CT molecular complexity index is 1310. The molecule has 1 aromatic heterocycles. The van der Waals surface area contributed by atoms with Gasteiger partial charge in [-0.2, -0.15) is 4.31 Å². The van der Waals surface area contributed by atoms with Crippen LogP contribution in [0.5, 0.6) is 0 Å². The molecular formula is C26H29FIN5O2S. The Hall–Kier alpha value is -2.31. The van der Waals surface area contributed by atoms with E-state index in [1.165, 1.54) is 0 Å². The van der Waals surface area contributed by atoms with E-state index in [1.807, 2.05) is 53.4 Å². The predicted molar refractivity (Wildman–Crippen MR) is 147 cm³/mol. The maximum absolute atomic E-state index is 15.0. The van der Waals surface area contributed by atoms with Crippen LogP contribution in [0.15, 0.2) is 73.8 Å². The molecule has 2 aliphatic heterocycles. The van der Waals surface area contributed by atoms with Gasteiger partial charge in [0.15, 0.2) is 0 Å². The molecule has 0 amide bonds. The topological polar surface area (TPSA) is 71.3 Å². The minimum Gasteiger partial charge on any atom is -0.368 e. The van der Waals surface area contributed by atoms with Crippen LogP contribution in [-0.2, 0) is 16.6 Å². The number of benzene rings is 2. The minimum absolute atomic E-state index is 0.241. The van der Waals surface area contributed by atoms with Crippen LogP contribution in [0.1, 0.15) is 41.7 Å². The van der Waals surface area contributed by atoms with Crippen LogP contribution in [0.4, 0.5) is 10.1 Å². The molecule has 2 fully saturated rings. The lowest BCUT2D eigenvalue weighted by molar-refractivity contribution is 0.199. The molecule has 3 heterocycles. The number of piperidine rings is 1. The molecule has 0 saturated carbocycles. The van der Waals surface area contributed by atoms with Gasteiger partial charge in [-0.15, -0.1) is 16.8 Å². The summed E-state index contributed by atoms with van der Waals surface area (Å²) in [4.78, 5) is 2.05. The van der Waals surface area contributed by atoms with Crippen LogP contribution in [0.25, 0.3) is 0 Å². The fourth-order valence-corrected chi connectivity index (χ4v) is 8.11. The molecule has 0 aliphatic carbocycles. The van der Waals surface area contributed by atoms with Crippen molar-refractivity contribution in [3.8, 4) is 0 Å². The zero-order chi connectivity index (χ0) is 25.3. The summed E-state index contributed by atoms with van der Waals surface area (Å²) in [5, 5.41) is 7.05. The van der Waals surface area contributed by atoms with Gasteiger partial charge in [0.2, 0.25) is 10.0 Å². The van der Waals surface area contributed by atoms with Crippen molar-refractivity contribution < 1.29 is 12.8 Å². The SMILES string of the molecule is C=C[C@H]1CC[C@H](c2ccccc2)S(=O)(=O)N1Cc1ccc(N2CC[C@H](n3cnnc3)[C@H](F)C2)cc1I. The highest BCUT2D eigenvalue weighted by atomic mass is 127. The lowest BCUT2D eigenvalue weighted by Gasteiger charge is -2.38. The molecule has 0 N–H and O–H groups in total. The van der Waals surface area contributed by atoms with E-state index in [0.29, 0.717) is 12.8 Å². The van der Waals surface area contributed by atoms with Crippen LogP contribution in [0.3, 0.4) is 0 Å². The van der Waals surface area contributed by atoms with Crippen LogP contribution in [0.2, 0.25) is 0 Å². The van der Waals surface area contributed by atoms with Crippen molar-refractivity contribution in [1.82, 2.24) is 19.1 Å². The highest BCUT2D eigenvalue weighted by Gasteiger charge is 2.41. The summed E-state index contributed by atoms with van der Waals surface area (Å²) in [6.45, 7) is 5.20. The zero-order valence-corrected chi connectivity index (χ0v) is 22.8. The van der Waals surface area contributed by atoms with Crippen LogP contribution >= 0.6 is 22.6 Å². The first-order valence-corrected chi connectivity index (χ1v) is 14.7. The molecule has 5 rings (SSSR count). The van der Waals surface area contributed by atoms with Crippen molar-refractivity contribution in [3.05, 3.63) is 88.5 Å². The van der Waals surface area contributed by atoms with Gasteiger partial charge < -0.3 is 9.47 Å². The van der Waals surface area contributed by atoms with Crippen molar-refractivity contribution in [2.45, 2.75) is 49.3 Å². The number of rotatable bonds is 6. The Morgan fingerprint density at radius 1 is 1.08 bits per heavy atom. The second kappa shape index (κ2) is 10.6. The molecule has 0 spiro atoms. The second-order valence-electron chi connectivity index (χ2n) is 9.37. The largest absolute Gasteiger partial charge is 0.368 e. The monoisotopic (exact) mass is 621 g/mol. The number of halogens is 2. The first kappa shape index (κ1) is 25.3. The molecule has 0 bridgehead atoms. The molecule has 36 heavy (non-hydrogen) atoms. The number of aromatic nitrogens is 3. The van der Waals surface area contributed by atoms with Crippen LogP contribution < -0.4 is 4.90 Å². The van der Waals surface area contributed by atoms with E-state index in [4.69, 9.17) is 0 Å². The van der Waals surface area contributed by atoms with Crippen molar-refractivity contribution in [2.24, 2.45) is 0 Å². The van der Waals surface area contributed by atoms with Crippen molar-refractivity contribution in [3.63, 3.8) is 0 Å². The van der Waals surface area contributed by atoms with Gasteiger partial charge in [0.1, 0.15) is 24.1 Å². The number of anilines is 1. The molecule has 2 aromatic carbocycles. The highest BCUT2D eigenvalue weighted by Crippen LogP contribution is 2.39. The molecule has 10 heteroatoms. The molecule has 2 aliphatic rings. The molecule has 2 saturated heterocycles. The Labute approximate surface area is 225 Å². The molecule has 0 unspecified atom stereocenters. The average Bonchev–Trinajstić information content (AvgIpc) is 3.41. The number of sulfonamides is 1. The summed E-state index contributed by atoms with van der Waals surface area (Å²) in [6.07, 6.45) is 5.80. The summed E-state index contributed by atoms with van der Waals surface area (Å²) in [5.41, 5.74) is 2.70. The van der Waals surface area contributed by atoms with Gasteiger partial charge in [0, 0.05) is 28.4 Å². The third-order valence-corrected chi connectivity index (χ3v) is 10.6. The first-order valence-electron chi connectivity index (χ1n) is 12.1. The molecule has 3 aromatic rings. The second-order valence-corrected chi connectivity index (χ2v) is 12.6. The van der Waals surface area contributed by atoms with E-state index in [9.17, 15) is 12.8 Å². The fraction of sp³-hybridized carbons (Fsp3) is 0.385. The summed E-state index contributed by atoms with van der Waals surface area (Å²) in [7, 11) is -3.57. The standard InChI is InChI=1S/C26H29FIN5O2S/c1-2-21-10-11-26(19-6-4-3-5-7-19)36(34,35)33(21)15-20-8-9-22(14-24(20)28)31-13-12-25(23(27)16-31)32-17-29-30-18-32/h2-9,14,17-18,21,23,25-26H,1,10-13,15-16H2/t21-,23+,25-,26+/m0/s1. The fourth-order valence-electron chi connectivity index (χ4n) is 5.29. The molecule has 190 valence electrons. The van der Waals surface area contributed by atoms with Gasteiger partial charge in [0.25, 0.3) is 0 Å². The number of hydrogen-bond acceptors (Lipinski definition) is 5. The highest BCUT2D eigenvalue weighted by molar-refractivity contribution is 14.1. The number of alkyl halides is 1. The zero-order valence-electron chi connectivity index (χ0n) is 19.8. The van der Waals surface area contributed by atoms with Crippen molar-refractivity contribution >= 4 is 38.3 Å². The van der Waals surface area contributed by atoms with E-state index < -0.39 is 21.4 Å². The predicted octanol–water partition coefficient (Wildman–Crippen LogP) is 4.89. The van der Waals surface area contributed by atoms with E-state index in [1.54, 1.807) is 27.6 Å². The van der Waals surface area contributed by atoms with Crippen LogP contribution in [-0.4, -0.2) is 52.8 Å². The summed E-state index contributed by atoms with van der Waals surface area (Å²) in [5.74, 6) is 0. The maximum Gasteiger partial charge on any atom is 0.222 e. The average molecular weight is 622 g/mol. The molecule has 0 radical (unpaired) electrons. The Morgan fingerprint density at radius 3 is 2.50 bits per heavy atom. The number of nitrogens with zero attached hydrogens (tertiary/aromatic N) is 5. The quantitative estimate of drug-likeness (QED) is 0.290.